The van der Waals surface area contributed by atoms with Gasteiger partial charge in [0.2, 0.25) is 0 Å². The van der Waals surface area contributed by atoms with Crippen molar-refractivity contribution in [1.29, 1.82) is 0 Å². The number of benzene rings is 3. The van der Waals surface area contributed by atoms with Crippen LogP contribution in [0.15, 0.2) is 65.2 Å². The van der Waals surface area contributed by atoms with Crippen molar-refractivity contribution in [3.63, 3.8) is 0 Å². The Labute approximate surface area is 201 Å². The minimum atomic E-state index is -0.742. The van der Waals surface area contributed by atoms with Gasteiger partial charge in [0.1, 0.15) is 0 Å². The molecule has 1 saturated heterocycles. The Balaban J connectivity index is 0.00000122. The normalized spacial score (nSPS) is 21.3. The second-order valence-corrected chi connectivity index (χ2v) is 14.8. The third kappa shape index (κ3) is 3.27. The fourth-order valence-electron chi connectivity index (χ4n) is 5.53. The van der Waals surface area contributed by atoms with Gasteiger partial charge in [-0.1, -0.05) is 0 Å². The molecule has 0 N–H and O–H groups in total. The molecule has 2 unspecified atom stereocenters. The molecular formula is C28H25F2PZr. The Morgan fingerprint density at radius 1 is 0.594 bits per heavy atom. The maximum absolute atomic E-state index is 2.61. The summed E-state index contributed by atoms with van der Waals surface area (Å²) < 4.78 is 1.45. The van der Waals surface area contributed by atoms with Gasteiger partial charge in [-0.15, -0.1) is 0 Å². The molecule has 4 heteroatoms. The van der Waals surface area contributed by atoms with E-state index in [-0.39, 0.29) is 9.41 Å². The molecule has 0 nitrogen and oxygen atoms in total. The number of hydrogen-bond acceptors (Lipinski definition) is 0. The average molecular weight is 522 g/mol. The van der Waals surface area contributed by atoms with Crippen molar-refractivity contribution in [1.82, 2.24) is 0 Å². The Bertz CT molecular complexity index is 1200. The Hall–Kier alpha value is -1.69. The third-order valence-corrected chi connectivity index (χ3v) is 15.5. The molecule has 0 radical (unpaired) electrons. The first-order chi connectivity index (χ1) is 14.5. The zero-order chi connectivity index (χ0) is 20.6. The van der Waals surface area contributed by atoms with Crippen molar-refractivity contribution in [3.8, 4) is 0 Å². The first kappa shape index (κ1) is 23.5. The topological polar surface area (TPSA) is 0 Å². The molecular weight excluding hydrogens is 497 g/mol. The summed E-state index contributed by atoms with van der Waals surface area (Å²) in [6.45, 7) is 9.27. The van der Waals surface area contributed by atoms with E-state index >= 15 is 0 Å². The molecule has 6 rings (SSSR count). The molecule has 0 amide bonds. The standard InChI is InChI=1S/C28H25P.2FH.Zr/c1-18-10-11-19(2)26-15-23(14-25(18)26)29(22-8-6-5-7-9-22)24-16-27-20(3)12-13-21(4)28(27)17-24;;;/h5-17H,1-4H3;2*1H;/q;;;+2/p-2. The van der Waals surface area contributed by atoms with Crippen LogP contribution < -0.4 is 14.7 Å². The number of fused-ring (bicyclic) bond motifs is 6. The molecule has 32 heavy (non-hydrogen) atoms. The minimum absolute atomic E-state index is 0. The van der Waals surface area contributed by atoms with Gasteiger partial charge in [-0.25, -0.2) is 0 Å². The molecule has 0 aromatic heterocycles. The van der Waals surface area contributed by atoms with E-state index in [1.807, 2.05) is 0 Å². The van der Waals surface area contributed by atoms with E-state index in [2.05, 4.69) is 94.4 Å². The largest absolute Gasteiger partial charge is 1.00 e. The van der Waals surface area contributed by atoms with Gasteiger partial charge in [0.05, 0.1) is 0 Å². The summed E-state index contributed by atoms with van der Waals surface area (Å²) in [4.78, 5) is 0. The fraction of sp³-hybridized carbons (Fsp3) is 0.214. The molecule has 0 bridgehead atoms. The van der Waals surface area contributed by atoms with E-state index in [9.17, 15) is 0 Å². The van der Waals surface area contributed by atoms with Crippen LogP contribution in [0.4, 0.5) is 0 Å². The van der Waals surface area contributed by atoms with Crippen molar-refractivity contribution >= 4 is 25.4 Å². The molecule has 160 valence electrons. The molecule has 2 aliphatic carbocycles. The van der Waals surface area contributed by atoms with Crippen LogP contribution in [0.2, 0.25) is 0 Å². The quantitative estimate of drug-likeness (QED) is 0.424. The fourth-order valence-corrected chi connectivity index (χ4v) is 15.7. The molecule has 0 saturated carbocycles. The van der Waals surface area contributed by atoms with Crippen LogP contribution in [0.3, 0.4) is 0 Å². The predicted molar refractivity (Wildman–Crippen MR) is 126 cm³/mol. The van der Waals surface area contributed by atoms with Gasteiger partial charge in [0.25, 0.3) is 0 Å². The summed E-state index contributed by atoms with van der Waals surface area (Å²) in [7, 11) is -0.425. The van der Waals surface area contributed by atoms with Gasteiger partial charge >= 0.3 is 193 Å². The second-order valence-electron chi connectivity index (χ2n) is 8.90. The molecule has 3 aliphatic rings. The number of hydrogen-bond donors (Lipinski definition) is 0. The van der Waals surface area contributed by atoms with Crippen molar-refractivity contribution in [2.24, 2.45) is 0 Å². The van der Waals surface area contributed by atoms with Crippen molar-refractivity contribution < 1.29 is 32.6 Å². The summed E-state index contributed by atoms with van der Waals surface area (Å²) in [6.07, 6.45) is 5.23. The van der Waals surface area contributed by atoms with Gasteiger partial charge in [0, 0.05) is 0 Å². The van der Waals surface area contributed by atoms with Crippen molar-refractivity contribution in [3.05, 3.63) is 110 Å². The molecule has 0 spiro atoms. The van der Waals surface area contributed by atoms with Crippen LogP contribution in [-0.2, 0) is 23.2 Å². The van der Waals surface area contributed by atoms with E-state index in [1.165, 1.54) is 27.6 Å². The predicted octanol–water partition coefficient (Wildman–Crippen LogP) is 1.32. The SMILES string of the molecule is Cc1ccc(C)c2c1C=C1[CH]2[Zr+2][CH]2C(=Cc3c(C)ccc(C)c32)P1c1ccccc1.[F-].[F-]. The number of rotatable bonds is 1. The van der Waals surface area contributed by atoms with Crippen molar-refractivity contribution in [2.75, 3.05) is 0 Å². The zero-order valence-corrected chi connectivity index (χ0v) is 22.1. The Kier molecular flexibility index (Phi) is 6.30. The van der Waals surface area contributed by atoms with Gasteiger partial charge in [0.15, 0.2) is 0 Å². The second kappa shape index (κ2) is 8.59. The van der Waals surface area contributed by atoms with E-state index in [0.29, 0.717) is 0 Å². The average Bonchev–Trinajstić information content (AvgIpc) is 3.33. The van der Waals surface area contributed by atoms with E-state index in [1.54, 1.807) is 32.9 Å². The number of halogens is 2. The Morgan fingerprint density at radius 3 is 1.50 bits per heavy atom. The van der Waals surface area contributed by atoms with Gasteiger partial charge in [-0.2, -0.15) is 0 Å². The maximum atomic E-state index is 2.61. The van der Waals surface area contributed by atoms with Crippen LogP contribution in [0.5, 0.6) is 0 Å². The van der Waals surface area contributed by atoms with Gasteiger partial charge in [-0.3, -0.25) is 0 Å². The Morgan fingerprint density at radius 2 is 1.03 bits per heavy atom. The molecule has 1 heterocycles. The summed E-state index contributed by atoms with van der Waals surface area (Å²) in [6, 6.07) is 20.7. The summed E-state index contributed by atoms with van der Waals surface area (Å²) in [5.74, 6) is 0. The summed E-state index contributed by atoms with van der Waals surface area (Å²) >= 11 is -0.742. The van der Waals surface area contributed by atoms with E-state index in [0.717, 1.165) is 7.25 Å². The van der Waals surface area contributed by atoms with Crippen LogP contribution in [0, 0.1) is 27.7 Å². The molecule has 1 fully saturated rings. The molecule has 3 aromatic rings. The maximum Gasteiger partial charge on any atom is -1.00 e. The molecule has 1 aliphatic heterocycles. The van der Waals surface area contributed by atoms with Crippen molar-refractivity contribution in [2.45, 2.75) is 34.9 Å². The smallest absolute Gasteiger partial charge is 1.00 e. The van der Waals surface area contributed by atoms with Crippen LogP contribution in [0.25, 0.3) is 12.2 Å². The van der Waals surface area contributed by atoms with Crippen LogP contribution >= 0.6 is 7.92 Å². The monoisotopic (exact) mass is 520 g/mol. The zero-order valence-electron chi connectivity index (χ0n) is 18.7. The third-order valence-electron chi connectivity index (χ3n) is 7.06. The first-order valence-corrected chi connectivity index (χ1v) is 15.0. The molecule has 3 aromatic carbocycles. The molecule has 2 atom stereocenters. The number of allylic oxidation sites excluding steroid dienone is 2. The van der Waals surface area contributed by atoms with Gasteiger partial charge < -0.3 is 9.41 Å². The van der Waals surface area contributed by atoms with Gasteiger partial charge in [-0.05, 0) is 0 Å². The summed E-state index contributed by atoms with van der Waals surface area (Å²) in [5, 5.41) is 5.03. The minimum Gasteiger partial charge on any atom is -1.00 e. The van der Waals surface area contributed by atoms with E-state index in [4.69, 9.17) is 0 Å². The summed E-state index contributed by atoms with van der Waals surface area (Å²) in [5.41, 5.74) is 12.3. The van der Waals surface area contributed by atoms with Crippen LogP contribution in [-0.4, -0.2) is 0 Å². The number of aryl methyl sites for hydroxylation is 4. The van der Waals surface area contributed by atoms with E-state index < -0.39 is 31.2 Å². The first-order valence-electron chi connectivity index (χ1n) is 10.8. The van der Waals surface area contributed by atoms with Crippen LogP contribution in [0.1, 0.15) is 51.8 Å².